The third-order valence-electron chi connectivity index (χ3n) is 3.73. The fraction of sp³-hybridized carbons (Fsp3) is 0.438. The van der Waals surface area contributed by atoms with Crippen LogP contribution in [0.15, 0.2) is 36.8 Å². The standard InChI is InChI=1S/C16H24N4/c1-4-19-12-18-11-16(19)15(10-17)20(5-2)14-8-6-13(3)7-9-14/h6-9,11-12,15H,4-5,10,17H2,1-3H3. The Morgan fingerprint density at radius 2 is 1.95 bits per heavy atom. The maximum Gasteiger partial charge on any atom is 0.0948 e. The molecule has 108 valence electrons. The summed E-state index contributed by atoms with van der Waals surface area (Å²) in [5, 5.41) is 0. The first-order valence-electron chi connectivity index (χ1n) is 7.24. The van der Waals surface area contributed by atoms with Gasteiger partial charge < -0.3 is 15.2 Å². The number of hydrogen-bond donors (Lipinski definition) is 1. The zero-order valence-corrected chi connectivity index (χ0v) is 12.6. The maximum atomic E-state index is 6.05. The van der Waals surface area contributed by atoms with E-state index in [9.17, 15) is 0 Å². The minimum Gasteiger partial charge on any atom is -0.362 e. The van der Waals surface area contributed by atoms with Gasteiger partial charge in [0.25, 0.3) is 0 Å². The molecule has 2 rings (SSSR count). The monoisotopic (exact) mass is 272 g/mol. The highest BCUT2D eigenvalue weighted by molar-refractivity contribution is 5.49. The first-order valence-corrected chi connectivity index (χ1v) is 7.24. The molecule has 1 heterocycles. The quantitative estimate of drug-likeness (QED) is 0.879. The van der Waals surface area contributed by atoms with Crippen LogP contribution in [-0.2, 0) is 6.54 Å². The van der Waals surface area contributed by atoms with E-state index >= 15 is 0 Å². The summed E-state index contributed by atoms with van der Waals surface area (Å²) in [7, 11) is 0. The summed E-state index contributed by atoms with van der Waals surface area (Å²) in [5.41, 5.74) is 9.70. The molecule has 20 heavy (non-hydrogen) atoms. The van der Waals surface area contributed by atoms with Crippen molar-refractivity contribution in [1.29, 1.82) is 0 Å². The van der Waals surface area contributed by atoms with Crippen molar-refractivity contribution in [2.45, 2.75) is 33.4 Å². The molecular formula is C16H24N4. The van der Waals surface area contributed by atoms with Crippen molar-refractivity contribution in [2.75, 3.05) is 18.0 Å². The van der Waals surface area contributed by atoms with Crippen LogP contribution in [-0.4, -0.2) is 22.6 Å². The molecule has 0 radical (unpaired) electrons. The summed E-state index contributed by atoms with van der Waals surface area (Å²) in [6, 6.07) is 8.76. The molecule has 0 aliphatic rings. The molecule has 2 aromatic rings. The van der Waals surface area contributed by atoms with Gasteiger partial charge in [0.2, 0.25) is 0 Å². The molecule has 0 aliphatic heterocycles. The molecule has 0 saturated carbocycles. The number of anilines is 1. The van der Waals surface area contributed by atoms with Crippen LogP contribution in [0, 0.1) is 6.92 Å². The highest BCUT2D eigenvalue weighted by atomic mass is 15.2. The number of nitrogens with two attached hydrogens (primary N) is 1. The number of imidazole rings is 1. The van der Waals surface area contributed by atoms with Gasteiger partial charge in [-0.3, -0.25) is 0 Å². The van der Waals surface area contributed by atoms with Crippen LogP contribution in [0.4, 0.5) is 5.69 Å². The van der Waals surface area contributed by atoms with Gasteiger partial charge in [-0.2, -0.15) is 0 Å². The summed E-state index contributed by atoms with van der Waals surface area (Å²) in [5.74, 6) is 0. The second kappa shape index (κ2) is 6.57. The maximum absolute atomic E-state index is 6.05. The highest BCUT2D eigenvalue weighted by Crippen LogP contribution is 2.26. The van der Waals surface area contributed by atoms with Crippen LogP contribution in [0.25, 0.3) is 0 Å². The number of rotatable bonds is 6. The Balaban J connectivity index is 2.35. The molecule has 0 spiro atoms. The van der Waals surface area contributed by atoms with Crippen molar-refractivity contribution < 1.29 is 0 Å². The van der Waals surface area contributed by atoms with E-state index in [2.05, 4.69) is 59.5 Å². The van der Waals surface area contributed by atoms with E-state index in [-0.39, 0.29) is 6.04 Å². The van der Waals surface area contributed by atoms with Crippen molar-refractivity contribution in [3.63, 3.8) is 0 Å². The molecule has 0 fully saturated rings. The second-order valence-electron chi connectivity index (χ2n) is 4.98. The van der Waals surface area contributed by atoms with Crippen LogP contribution in [0.5, 0.6) is 0 Å². The second-order valence-corrected chi connectivity index (χ2v) is 4.98. The lowest BCUT2D eigenvalue weighted by molar-refractivity contribution is 0.581. The number of likely N-dealkylation sites (N-methyl/N-ethyl adjacent to an activating group) is 1. The zero-order valence-electron chi connectivity index (χ0n) is 12.6. The number of nitrogens with zero attached hydrogens (tertiary/aromatic N) is 3. The molecule has 4 heteroatoms. The lowest BCUT2D eigenvalue weighted by Crippen LogP contribution is -2.35. The minimum absolute atomic E-state index is 0.158. The van der Waals surface area contributed by atoms with Gasteiger partial charge in [0, 0.05) is 25.3 Å². The van der Waals surface area contributed by atoms with E-state index in [4.69, 9.17) is 5.73 Å². The fourth-order valence-corrected chi connectivity index (χ4v) is 2.60. The van der Waals surface area contributed by atoms with E-state index in [0.29, 0.717) is 6.54 Å². The molecule has 1 unspecified atom stereocenters. The first kappa shape index (κ1) is 14.6. The molecule has 1 aromatic heterocycles. The van der Waals surface area contributed by atoms with Crippen molar-refractivity contribution in [3.8, 4) is 0 Å². The first-order chi connectivity index (χ1) is 9.71. The number of aryl methyl sites for hydroxylation is 2. The van der Waals surface area contributed by atoms with E-state index in [1.54, 1.807) is 0 Å². The fourth-order valence-electron chi connectivity index (χ4n) is 2.60. The summed E-state index contributed by atoms with van der Waals surface area (Å²) in [6.07, 6.45) is 3.80. The van der Waals surface area contributed by atoms with Gasteiger partial charge in [0.15, 0.2) is 0 Å². The van der Waals surface area contributed by atoms with Crippen LogP contribution >= 0.6 is 0 Å². The van der Waals surface area contributed by atoms with E-state index in [1.807, 2.05) is 12.5 Å². The van der Waals surface area contributed by atoms with Gasteiger partial charge in [0.05, 0.1) is 24.3 Å². The predicted molar refractivity (Wildman–Crippen MR) is 83.9 cm³/mol. The van der Waals surface area contributed by atoms with Crippen LogP contribution in [0.3, 0.4) is 0 Å². The molecule has 1 aromatic carbocycles. The third kappa shape index (κ3) is 2.85. The Bertz CT molecular complexity index is 530. The molecule has 2 N–H and O–H groups in total. The normalized spacial score (nSPS) is 12.4. The number of benzene rings is 1. The molecule has 0 saturated heterocycles. The summed E-state index contributed by atoms with van der Waals surface area (Å²) in [4.78, 5) is 6.60. The Hall–Kier alpha value is -1.81. The van der Waals surface area contributed by atoms with E-state index < -0.39 is 0 Å². The third-order valence-corrected chi connectivity index (χ3v) is 3.73. The molecule has 0 amide bonds. The number of hydrogen-bond acceptors (Lipinski definition) is 3. The van der Waals surface area contributed by atoms with Gasteiger partial charge in [-0.05, 0) is 32.9 Å². The Kier molecular flexibility index (Phi) is 4.79. The zero-order chi connectivity index (χ0) is 14.5. The van der Waals surface area contributed by atoms with Crippen molar-refractivity contribution >= 4 is 5.69 Å². The van der Waals surface area contributed by atoms with E-state index in [0.717, 1.165) is 13.1 Å². The smallest absolute Gasteiger partial charge is 0.0948 e. The van der Waals surface area contributed by atoms with Crippen molar-refractivity contribution in [3.05, 3.63) is 48.0 Å². The molecule has 4 nitrogen and oxygen atoms in total. The SMILES string of the molecule is CCN(c1ccc(C)cc1)C(CN)c1cncn1CC. The Labute approximate surface area is 121 Å². The van der Waals surface area contributed by atoms with Crippen LogP contribution < -0.4 is 10.6 Å². The largest absolute Gasteiger partial charge is 0.362 e. The van der Waals surface area contributed by atoms with Gasteiger partial charge in [0.1, 0.15) is 0 Å². The van der Waals surface area contributed by atoms with Gasteiger partial charge in [-0.15, -0.1) is 0 Å². The summed E-state index contributed by atoms with van der Waals surface area (Å²) in [6.45, 7) is 8.80. The molecule has 1 atom stereocenters. The molecular weight excluding hydrogens is 248 g/mol. The van der Waals surface area contributed by atoms with Gasteiger partial charge in [-0.1, -0.05) is 17.7 Å². The van der Waals surface area contributed by atoms with Gasteiger partial charge >= 0.3 is 0 Å². The average molecular weight is 272 g/mol. The predicted octanol–water partition coefficient (Wildman–Crippen LogP) is 2.74. The number of aromatic nitrogens is 2. The average Bonchev–Trinajstić information content (AvgIpc) is 2.94. The lowest BCUT2D eigenvalue weighted by atomic mass is 10.1. The molecule has 0 bridgehead atoms. The molecule has 0 aliphatic carbocycles. The lowest BCUT2D eigenvalue weighted by Gasteiger charge is -2.32. The Morgan fingerprint density at radius 1 is 1.25 bits per heavy atom. The topological polar surface area (TPSA) is 47.1 Å². The van der Waals surface area contributed by atoms with Crippen molar-refractivity contribution in [1.82, 2.24) is 9.55 Å². The van der Waals surface area contributed by atoms with Gasteiger partial charge in [-0.25, -0.2) is 4.98 Å². The van der Waals surface area contributed by atoms with Crippen LogP contribution in [0.1, 0.15) is 31.1 Å². The van der Waals surface area contributed by atoms with Crippen LogP contribution in [0.2, 0.25) is 0 Å². The minimum atomic E-state index is 0.158. The summed E-state index contributed by atoms with van der Waals surface area (Å²) < 4.78 is 2.16. The highest BCUT2D eigenvalue weighted by Gasteiger charge is 2.21. The summed E-state index contributed by atoms with van der Waals surface area (Å²) >= 11 is 0. The van der Waals surface area contributed by atoms with E-state index in [1.165, 1.54) is 16.9 Å². The van der Waals surface area contributed by atoms with Crippen molar-refractivity contribution in [2.24, 2.45) is 5.73 Å². The Morgan fingerprint density at radius 3 is 2.50 bits per heavy atom.